The molecule has 0 amide bonds. The molecule has 0 aromatic heterocycles. The predicted octanol–water partition coefficient (Wildman–Crippen LogP) is 4.09. The molecule has 1 aromatic carbocycles. The van der Waals surface area contributed by atoms with Crippen molar-refractivity contribution >= 4 is 27.5 Å². The van der Waals surface area contributed by atoms with Gasteiger partial charge < -0.3 is 5.32 Å². The number of benzene rings is 1. The van der Waals surface area contributed by atoms with E-state index in [0.29, 0.717) is 18.7 Å². The molecule has 0 fully saturated rings. The van der Waals surface area contributed by atoms with Gasteiger partial charge in [0.05, 0.1) is 0 Å². The molecule has 1 aromatic rings. The average molecular weight is 309 g/mol. The van der Waals surface area contributed by atoms with Crippen LogP contribution < -0.4 is 5.32 Å². The van der Waals surface area contributed by atoms with Crippen LogP contribution in [0.25, 0.3) is 0 Å². The molecule has 1 unspecified atom stereocenters. The highest BCUT2D eigenvalue weighted by Gasteiger charge is 2.05. The van der Waals surface area contributed by atoms with Crippen molar-refractivity contribution in [1.82, 2.24) is 5.32 Å². The smallest absolute Gasteiger partial charge is 0.128 e. The summed E-state index contributed by atoms with van der Waals surface area (Å²) >= 11 is 9.28. The van der Waals surface area contributed by atoms with Crippen LogP contribution >= 0.6 is 27.5 Å². The van der Waals surface area contributed by atoms with Crippen LogP contribution in [0.15, 0.2) is 22.7 Å². The van der Waals surface area contributed by atoms with Gasteiger partial charge in [0.2, 0.25) is 0 Å². The Balaban J connectivity index is 2.37. The minimum Gasteiger partial charge on any atom is -0.311 e. The summed E-state index contributed by atoms with van der Waals surface area (Å²) in [5, 5.41) is 3.29. The van der Waals surface area contributed by atoms with E-state index in [2.05, 4.69) is 28.2 Å². The van der Waals surface area contributed by atoms with Crippen molar-refractivity contribution in [3.8, 4) is 0 Å². The number of rotatable bonds is 6. The summed E-state index contributed by atoms with van der Waals surface area (Å²) in [6.45, 7) is 3.33. The summed E-state index contributed by atoms with van der Waals surface area (Å²) in [5.41, 5.74) is 0.670. The molecule has 1 rings (SSSR count). The molecule has 0 saturated heterocycles. The van der Waals surface area contributed by atoms with Gasteiger partial charge in [0.15, 0.2) is 0 Å². The molecule has 0 heterocycles. The molecule has 4 heteroatoms. The van der Waals surface area contributed by atoms with Gasteiger partial charge >= 0.3 is 0 Å². The number of hydrogen-bond acceptors (Lipinski definition) is 1. The zero-order chi connectivity index (χ0) is 12.0. The lowest BCUT2D eigenvalue weighted by Gasteiger charge is -2.10. The Morgan fingerprint density at radius 3 is 2.88 bits per heavy atom. The topological polar surface area (TPSA) is 12.0 Å². The summed E-state index contributed by atoms with van der Waals surface area (Å²) in [6.07, 6.45) is 2.06. The zero-order valence-electron chi connectivity index (χ0n) is 9.27. The van der Waals surface area contributed by atoms with Gasteiger partial charge in [0.25, 0.3) is 0 Å². The van der Waals surface area contributed by atoms with Crippen LogP contribution in [0.4, 0.5) is 4.39 Å². The van der Waals surface area contributed by atoms with Crippen LogP contribution in [0, 0.1) is 5.82 Å². The normalized spacial score (nSPS) is 12.8. The lowest BCUT2D eigenvalue weighted by atomic mass is 10.2. The van der Waals surface area contributed by atoms with E-state index in [1.807, 2.05) is 6.07 Å². The Morgan fingerprint density at radius 2 is 2.25 bits per heavy atom. The molecule has 0 spiro atoms. The average Bonchev–Trinajstić information content (AvgIpc) is 2.22. The van der Waals surface area contributed by atoms with Gasteiger partial charge in [-0.3, -0.25) is 0 Å². The molecule has 0 radical (unpaired) electrons. The van der Waals surface area contributed by atoms with E-state index in [1.165, 1.54) is 6.07 Å². The van der Waals surface area contributed by atoms with E-state index in [9.17, 15) is 4.39 Å². The second-order valence-electron chi connectivity index (χ2n) is 3.75. The van der Waals surface area contributed by atoms with Crippen LogP contribution in [0.3, 0.4) is 0 Å². The molecule has 1 nitrogen and oxygen atoms in total. The predicted molar refractivity (Wildman–Crippen MR) is 70.4 cm³/mol. The first-order valence-corrected chi connectivity index (χ1v) is 6.65. The van der Waals surface area contributed by atoms with Crippen molar-refractivity contribution in [1.29, 1.82) is 0 Å². The largest absolute Gasteiger partial charge is 0.311 e. The molecule has 0 aliphatic heterocycles. The van der Waals surface area contributed by atoms with Gasteiger partial charge in [-0.2, -0.15) is 0 Å². The summed E-state index contributed by atoms with van der Waals surface area (Å²) in [7, 11) is 0. The highest BCUT2D eigenvalue weighted by atomic mass is 79.9. The molecule has 0 aliphatic rings. The summed E-state index contributed by atoms with van der Waals surface area (Å²) < 4.78 is 14.2. The Morgan fingerprint density at radius 1 is 1.50 bits per heavy atom. The van der Waals surface area contributed by atoms with Gasteiger partial charge in [-0.15, -0.1) is 11.6 Å². The Labute approximate surface area is 110 Å². The SMILES string of the molecule is CCCC(Cl)CNCc1ccc(Br)cc1F. The fourth-order valence-corrected chi connectivity index (χ4v) is 2.10. The van der Waals surface area contributed by atoms with Gasteiger partial charge in [0.1, 0.15) is 5.82 Å². The van der Waals surface area contributed by atoms with Crippen molar-refractivity contribution in [3.63, 3.8) is 0 Å². The molecule has 90 valence electrons. The number of nitrogens with one attached hydrogen (secondary N) is 1. The third-order valence-corrected chi connectivity index (χ3v) is 3.16. The van der Waals surface area contributed by atoms with Crippen molar-refractivity contribution < 1.29 is 4.39 Å². The van der Waals surface area contributed by atoms with E-state index >= 15 is 0 Å². The summed E-state index contributed by atoms with van der Waals surface area (Å²) in [4.78, 5) is 0. The number of hydrogen-bond donors (Lipinski definition) is 1. The van der Waals surface area contributed by atoms with Crippen molar-refractivity contribution in [2.45, 2.75) is 31.7 Å². The molecule has 0 saturated carbocycles. The maximum absolute atomic E-state index is 13.4. The maximum Gasteiger partial charge on any atom is 0.128 e. The third kappa shape index (κ3) is 4.81. The molecule has 0 aliphatic carbocycles. The third-order valence-electron chi connectivity index (χ3n) is 2.30. The number of alkyl halides is 1. The van der Waals surface area contributed by atoms with E-state index in [1.54, 1.807) is 6.07 Å². The Kier molecular flexibility index (Phi) is 6.32. The van der Waals surface area contributed by atoms with Crippen LogP contribution in [-0.2, 0) is 6.54 Å². The maximum atomic E-state index is 13.4. The van der Waals surface area contributed by atoms with Gasteiger partial charge in [-0.05, 0) is 18.6 Å². The summed E-state index contributed by atoms with van der Waals surface area (Å²) in [5.74, 6) is -0.191. The molecule has 1 atom stereocenters. The fraction of sp³-hybridized carbons (Fsp3) is 0.500. The second kappa shape index (κ2) is 7.25. The Hall–Kier alpha value is -0.120. The van der Waals surface area contributed by atoms with E-state index in [4.69, 9.17) is 11.6 Å². The molecule has 0 bridgehead atoms. The zero-order valence-corrected chi connectivity index (χ0v) is 11.6. The van der Waals surface area contributed by atoms with E-state index in [-0.39, 0.29) is 11.2 Å². The summed E-state index contributed by atoms with van der Waals surface area (Å²) in [6, 6.07) is 5.08. The van der Waals surface area contributed by atoms with Crippen LogP contribution in [-0.4, -0.2) is 11.9 Å². The molecule has 1 N–H and O–H groups in total. The van der Waals surface area contributed by atoms with Crippen molar-refractivity contribution in [2.24, 2.45) is 0 Å². The van der Waals surface area contributed by atoms with Gasteiger partial charge in [-0.1, -0.05) is 35.3 Å². The quantitative estimate of drug-likeness (QED) is 0.781. The first-order valence-electron chi connectivity index (χ1n) is 5.42. The lowest BCUT2D eigenvalue weighted by Crippen LogP contribution is -2.23. The van der Waals surface area contributed by atoms with Gasteiger partial charge in [0, 0.05) is 28.5 Å². The minimum absolute atomic E-state index is 0.128. The van der Waals surface area contributed by atoms with Crippen LogP contribution in [0.5, 0.6) is 0 Å². The first kappa shape index (κ1) is 13.9. The lowest BCUT2D eigenvalue weighted by molar-refractivity contribution is 0.575. The highest BCUT2D eigenvalue weighted by Crippen LogP contribution is 2.15. The molecular weight excluding hydrogens is 292 g/mol. The Bertz CT molecular complexity index is 333. The molecular formula is C12H16BrClFN. The van der Waals surface area contributed by atoms with Crippen molar-refractivity contribution in [3.05, 3.63) is 34.1 Å². The molecule has 16 heavy (non-hydrogen) atoms. The number of halogens is 3. The van der Waals surface area contributed by atoms with Crippen molar-refractivity contribution in [2.75, 3.05) is 6.54 Å². The fourth-order valence-electron chi connectivity index (χ4n) is 1.44. The first-order chi connectivity index (χ1) is 7.63. The van der Waals surface area contributed by atoms with Crippen LogP contribution in [0.1, 0.15) is 25.3 Å². The standard InChI is InChI=1S/C12H16BrClFN/c1-2-3-11(14)8-16-7-9-4-5-10(13)6-12(9)15/h4-6,11,16H,2-3,7-8H2,1H3. The minimum atomic E-state index is -0.191. The highest BCUT2D eigenvalue weighted by molar-refractivity contribution is 9.10. The monoisotopic (exact) mass is 307 g/mol. The van der Waals surface area contributed by atoms with Gasteiger partial charge in [-0.25, -0.2) is 4.39 Å². The van der Waals surface area contributed by atoms with Crippen LogP contribution in [0.2, 0.25) is 0 Å². The second-order valence-corrected chi connectivity index (χ2v) is 5.29. The van der Waals surface area contributed by atoms with E-state index < -0.39 is 0 Å². The van der Waals surface area contributed by atoms with E-state index in [0.717, 1.165) is 17.3 Å².